The lowest BCUT2D eigenvalue weighted by molar-refractivity contribution is 0.150. The van der Waals surface area contributed by atoms with Gasteiger partial charge in [0.1, 0.15) is 0 Å². The summed E-state index contributed by atoms with van der Waals surface area (Å²) >= 11 is 0. The molecule has 0 bridgehead atoms. The Morgan fingerprint density at radius 2 is 1.93 bits per heavy atom. The number of rotatable bonds is 9. The fourth-order valence-corrected chi connectivity index (χ4v) is 1.41. The van der Waals surface area contributed by atoms with Gasteiger partial charge in [-0.25, -0.2) is 0 Å². The molecule has 3 nitrogen and oxygen atoms in total. The molecular formula is C12H28N2O. The van der Waals surface area contributed by atoms with Crippen molar-refractivity contribution >= 4 is 0 Å². The van der Waals surface area contributed by atoms with E-state index in [1.807, 2.05) is 0 Å². The van der Waals surface area contributed by atoms with Gasteiger partial charge < -0.3 is 15.0 Å². The van der Waals surface area contributed by atoms with E-state index < -0.39 is 0 Å². The quantitative estimate of drug-likeness (QED) is 0.592. The molecule has 0 unspecified atom stereocenters. The second kappa shape index (κ2) is 8.08. The number of hydrogen-bond donors (Lipinski definition) is 1. The molecule has 0 amide bonds. The lowest BCUT2D eigenvalue weighted by atomic mass is 9.90. The average Bonchev–Trinajstić information content (AvgIpc) is 2.14. The molecule has 15 heavy (non-hydrogen) atoms. The first-order chi connectivity index (χ1) is 6.98. The Kier molecular flexibility index (Phi) is 8.02. The third-order valence-corrected chi connectivity index (χ3v) is 2.55. The minimum atomic E-state index is 0.341. The second-order valence-electron chi connectivity index (χ2n) is 5.24. The molecule has 0 fully saturated rings. The summed E-state index contributed by atoms with van der Waals surface area (Å²) in [7, 11) is 5.99. The maximum Gasteiger partial charge on any atom is 0.0467 e. The molecule has 0 spiro atoms. The first-order valence-corrected chi connectivity index (χ1v) is 5.82. The van der Waals surface area contributed by atoms with Crippen molar-refractivity contribution in [3.05, 3.63) is 0 Å². The van der Waals surface area contributed by atoms with Crippen LogP contribution >= 0.6 is 0 Å². The molecule has 0 atom stereocenters. The fraction of sp³-hybridized carbons (Fsp3) is 1.00. The van der Waals surface area contributed by atoms with Crippen LogP contribution in [-0.4, -0.2) is 52.3 Å². The van der Waals surface area contributed by atoms with E-state index in [0.717, 1.165) is 32.7 Å². The molecular weight excluding hydrogens is 188 g/mol. The summed E-state index contributed by atoms with van der Waals surface area (Å²) < 4.78 is 5.10. The number of ether oxygens (including phenoxy) is 1. The molecule has 0 heterocycles. The van der Waals surface area contributed by atoms with Crippen molar-refractivity contribution in [3.63, 3.8) is 0 Å². The van der Waals surface area contributed by atoms with Gasteiger partial charge in [0.2, 0.25) is 0 Å². The van der Waals surface area contributed by atoms with Crippen LogP contribution in [0.25, 0.3) is 0 Å². The summed E-state index contributed by atoms with van der Waals surface area (Å²) in [6, 6.07) is 0. The molecule has 0 rings (SSSR count). The van der Waals surface area contributed by atoms with Crippen LogP contribution in [-0.2, 0) is 4.74 Å². The molecule has 3 heteroatoms. The van der Waals surface area contributed by atoms with Crippen LogP contribution in [0.2, 0.25) is 0 Å². The van der Waals surface area contributed by atoms with Crippen molar-refractivity contribution in [1.29, 1.82) is 0 Å². The van der Waals surface area contributed by atoms with Crippen molar-refractivity contribution in [2.75, 3.05) is 47.4 Å². The van der Waals surface area contributed by atoms with Gasteiger partial charge >= 0.3 is 0 Å². The molecule has 0 aromatic rings. The van der Waals surface area contributed by atoms with Crippen molar-refractivity contribution in [1.82, 2.24) is 10.2 Å². The van der Waals surface area contributed by atoms with E-state index in [2.05, 4.69) is 38.2 Å². The Morgan fingerprint density at radius 1 is 1.27 bits per heavy atom. The van der Waals surface area contributed by atoms with E-state index in [1.54, 1.807) is 7.11 Å². The van der Waals surface area contributed by atoms with Crippen molar-refractivity contribution in [2.45, 2.75) is 26.7 Å². The summed E-state index contributed by atoms with van der Waals surface area (Å²) in [5, 5.41) is 3.51. The Hall–Kier alpha value is -0.120. The molecule has 0 radical (unpaired) electrons. The third kappa shape index (κ3) is 10.2. The topological polar surface area (TPSA) is 24.5 Å². The van der Waals surface area contributed by atoms with Gasteiger partial charge in [0.25, 0.3) is 0 Å². The zero-order valence-electron chi connectivity index (χ0n) is 11.1. The van der Waals surface area contributed by atoms with Gasteiger partial charge in [-0.1, -0.05) is 13.8 Å². The average molecular weight is 216 g/mol. The van der Waals surface area contributed by atoms with Crippen LogP contribution in [0.5, 0.6) is 0 Å². The van der Waals surface area contributed by atoms with Crippen molar-refractivity contribution in [3.8, 4) is 0 Å². The predicted octanol–water partition coefficient (Wildman–Crippen LogP) is 1.59. The highest BCUT2D eigenvalue weighted by molar-refractivity contribution is 4.71. The third-order valence-electron chi connectivity index (χ3n) is 2.55. The Balaban J connectivity index is 3.40. The van der Waals surface area contributed by atoms with Crippen molar-refractivity contribution < 1.29 is 4.74 Å². The Labute approximate surface area is 95.2 Å². The van der Waals surface area contributed by atoms with Crippen LogP contribution in [0.4, 0.5) is 0 Å². The molecule has 0 saturated carbocycles. The minimum Gasteiger partial charge on any atom is -0.385 e. The van der Waals surface area contributed by atoms with Gasteiger partial charge in [-0.15, -0.1) is 0 Å². The van der Waals surface area contributed by atoms with Crippen LogP contribution in [0, 0.1) is 5.41 Å². The van der Waals surface area contributed by atoms with E-state index in [1.165, 1.54) is 6.42 Å². The molecule has 92 valence electrons. The van der Waals surface area contributed by atoms with Crippen molar-refractivity contribution in [2.24, 2.45) is 5.41 Å². The van der Waals surface area contributed by atoms with Crippen LogP contribution in [0.3, 0.4) is 0 Å². The number of nitrogens with one attached hydrogen (secondary N) is 1. The summed E-state index contributed by atoms with van der Waals surface area (Å²) in [5.74, 6) is 0. The van der Waals surface area contributed by atoms with E-state index in [-0.39, 0.29) is 0 Å². The monoisotopic (exact) mass is 216 g/mol. The lowest BCUT2D eigenvalue weighted by Gasteiger charge is -2.24. The number of nitrogens with zero attached hydrogens (tertiary/aromatic N) is 1. The summed E-state index contributed by atoms with van der Waals surface area (Å²) in [4.78, 5) is 2.22. The maximum absolute atomic E-state index is 5.10. The molecule has 0 saturated heterocycles. The van der Waals surface area contributed by atoms with Gasteiger partial charge in [-0.2, -0.15) is 0 Å². The number of hydrogen-bond acceptors (Lipinski definition) is 3. The predicted molar refractivity (Wildman–Crippen MR) is 66.3 cm³/mol. The molecule has 0 aliphatic rings. The Bertz CT molecular complexity index is 147. The van der Waals surface area contributed by atoms with E-state index in [0.29, 0.717) is 5.41 Å². The molecule has 0 aromatic heterocycles. The zero-order valence-corrected chi connectivity index (χ0v) is 11.1. The summed E-state index contributed by atoms with van der Waals surface area (Å²) in [5.41, 5.74) is 0.341. The van der Waals surface area contributed by atoms with Gasteiger partial charge in [0.15, 0.2) is 0 Å². The maximum atomic E-state index is 5.10. The van der Waals surface area contributed by atoms with Gasteiger partial charge in [0, 0.05) is 20.3 Å². The lowest BCUT2D eigenvalue weighted by Crippen LogP contribution is -2.32. The first-order valence-electron chi connectivity index (χ1n) is 5.82. The van der Waals surface area contributed by atoms with Crippen LogP contribution in [0.1, 0.15) is 26.7 Å². The smallest absolute Gasteiger partial charge is 0.0467 e. The fourth-order valence-electron chi connectivity index (χ4n) is 1.41. The first kappa shape index (κ1) is 14.9. The van der Waals surface area contributed by atoms with E-state index >= 15 is 0 Å². The van der Waals surface area contributed by atoms with E-state index in [4.69, 9.17) is 4.74 Å². The molecule has 0 aromatic carbocycles. The van der Waals surface area contributed by atoms with E-state index in [9.17, 15) is 0 Å². The molecule has 0 aliphatic carbocycles. The summed E-state index contributed by atoms with van der Waals surface area (Å²) in [6.45, 7) is 8.76. The number of methoxy groups -OCH3 is 1. The highest BCUT2D eigenvalue weighted by Crippen LogP contribution is 2.18. The highest BCUT2D eigenvalue weighted by Gasteiger charge is 2.16. The Morgan fingerprint density at radius 3 is 2.47 bits per heavy atom. The normalized spacial score (nSPS) is 12.4. The molecule has 0 aliphatic heterocycles. The zero-order chi connectivity index (χ0) is 11.7. The minimum absolute atomic E-state index is 0.341. The van der Waals surface area contributed by atoms with Gasteiger partial charge in [-0.05, 0) is 45.4 Å². The van der Waals surface area contributed by atoms with Gasteiger partial charge in [-0.3, -0.25) is 0 Å². The van der Waals surface area contributed by atoms with Gasteiger partial charge in [0.05, 0.1) is 0 Å². The largest absolute Gasteiger partial charge is 0.385 e. The summed E-state index contributed by atoms with van der Waals surface area (Å²) in [6.07, 6.45) is 2.33. The van der Waals surface area contributed by atoms with Crippen LogP contribution in [0.15, 0.2) is 0 Å². The molecule has 1 N–H and O–H groups in total. The standard InChI is InChI=1S/C12H28N2O/c1-12(2,7-10-15-5)11-13-8-6-9-14(3)4/h13H,6-11H2,1-5H3. The highest BCUT2D eigenvalue weighted by atomic mass is 16.5. The SMILES string of the molecule is COCCC(C)(C)CNCCCN(C)C. The van der Waals surface area contributed by atoms with Crippen LogP contribution < -0.4 is 5.32 Å². The second-order valence-corrected chi connectivity index (χ2v) is 5.24.